The second-order valence-corrected chi connectivity index (χ2v) is 10.4. The lowest BCUT2D eigenvalue weighted by atomic mass is 10.0. The first kappa shape index (κ1) is 29.6. The number of hydrogen-bond acceptors (Lipinski definition) is 8. The fraction of sp³-hybridized carbons (Fsp3) is 0.219. The van der Waals surface area contributed by atoms with Crippen molar-refractivity contribution in [2.45, 2.75) is 32.1 Å². The maximum Gasteiger partial charge on any atom is 0.335 e. The predicted octanol–water partition coefficient (Wildman–Crippen LogP) is 4.54. The molecule has 6 rings (SSSR count). The van der Waals surface area contributed by atoms with E-state index in [0.717, 1.165) is 18.6 Å². The highest BCUT2D eigenvalue weighted by atomic mass is 19.1. The van der Waals surface area contributed by atoms with Crippen molar-refractivity contribution in [1.82, 2.24) is 19.5 Å². The molecule has 3 N–H and O–H groups in total. The highest BCUT2D eigenvalue weighted by Gasteiger charge is 2.24. The number of carbonyl (C=O) groups excluding carboxylic acids is 1. The van der Waals surface area contributed by atoms with E-state index in [1.807, 2.05) is 4.57 Å². The number of imidazole rings is 1. The van der Waals surface area contributed by atoms with E-state index in [0.29, 0.717) is 41.3 Å². The molecule has 1 aliphatic rings. The number of carboxylic acid groups (broad SMARTS) is 1. The van der Waals surface area contributed by atoms with Crippen molar-refractivity contribution in [1.29, 1.82) is 0 Å². The van der Waals surface area contributed by atoms with Gasteiger partial charge in [-0.15, -0.1) is 0 Å². The number of rotatable bonds is 11. The Bertz CT molecular complexity index is 1940. The van der Waals surface area contributed by atoms with Crippen molar-refractivity contribution in [3.8, 4) is 22.9 Å². The van der Waals surface area contributed by atoms with Crippen LogP contribution in [0.4, 0.5) is 8.78 Å². The number of nitrogens with zero attached hydrogens (tertiary/aromatic N) is 4. The van der Waals surface area contributed by atoms with Crippen LogP contribution in [0.3, 0.4) is 0 Å². The minimum Gasteiger partial charge on any atom is -0.496 e. The highest BCUT2D eigenvalue weighted by molar-refractivity contribution is 5.92. The Balaban J connectivity index is 1.25. The summed E-state index contributed by atoms with van der Waals surface area (Å²) in [5.74, 6) is -2.19. The molecule has 5 aromatic rings. The van der Waals surface area contributed by atoms with E-state index in [4.69, 9.17) is 19.9 Å². The average molecular weight is 616 g/mol. The van der Waals surface area contributed by atoms with E-state index in [1.54, 1.807) is 18.2 Å². The van der Waals surface area contributed by atoms with Crippen LogP contribution < -0.4 is 15.2 Å². The van der Waals surface area contributed by atoms with Gasteiger partial charge in [-0.25, -0.2) is 23.5 Å². The van der Waals surface area contributed by atoms with Crippen molar-refractivity contribution < 1.29 is 37.7 Å². The molecule has 0 aliphatic carbocycles. The van der Waals surface area contributed by atoms with E-state index < -0.39 is 23.5 Å². The van der Waals surface area contributed by atoms with E-state index in [2.05, 4.69) is 15.0 Å². The van der Waals surface area contributed by atoms with Gasteiger partial charge in [-0.2, -0.15) is 0 Å². The third-order valence-electron chi connectivity index (χ3n) is 7.53. The molecule has 1 saturated heterocycles. The number of ether oxygens (including phenoxy) is 3. The molecule has 0 radical (unpaired) electrons. The lowest BCUT2D eigenvalue weighted by molar-refractivity contribution is -0.0589. The first-order valence-electron chi connectivity index (χ1n) is 13.9. The minimum atomic E-state index is -1.08. The molecule has 0 bridgehead atoms. The molecule has 1 amide bonds. The normalized spacial score (nSPS) is 14.2. The van der Waals surface area contributed by atoms with Crippen LogP contribution in [0.25, 0.3) is 22.3 Å². The number of pyridine rings is 2. The second kappa shape index (κ2) is 12.3. The van der Waals surface area contributed by atoms with Crippen LogP contribution in [-0.2, 0) is 24.3 Å². The summed E-state index contributed by atoms with van der Waals surface area (Å²) in [5, 5.41) is 9.47. The molecular weight excluding hydrogens is 588 g/mol. The monoisotopic (exact) mass is 615 g/mol. The van der Waals surface area contributed by atoms with Crippen LogP contribution in [0.5, 0.6) is 11.6 Å². The zero-order valence-corrected chi connectivity index (χ0v) is 24.0. The summed E-state index contributed by atoms with van der Waals surface area (Å²) in [4.78, 5) is 35.9. The summed E-state index contributed by atoms with van der Waals surface area (Å²) in [6.45, 7) is 1.01. The Labute approximate surface area is 255 Å². The quantitative estimate of drug-likeness (QED) is 0.218. The number of benzene rings is 2. The summed E-state index contributed by atoms with van der Waals surface area (Å²) in [7, 11) is 1.43. The van der Waals surface area contributed by atoms with Crippen LogP contribution >= 0.6 is 0 Å². The van der Waals surface area contributed by atoms with Gasteiger partial charge in [-0.1, -0.05) is 6.07 Å². The maximum absolute atomic E-state index is 15.5. The molecule has 4 heterocycles. The Hall–Kier alpha value is -5.43. The fourth-order valence-corrected chi connectivity index (χ4v) is 5.06. The van der Waals surface area contributed by atoms with Crippen LogP contribution in [-0.4, -0.2) is 56.3 Å². The van der Waals surface area contributed by atoms with Crippen molar-refractivity contribution in [2.75, 3.05) is 13.7 Å². The van der Waals surface area contributed by atoms with Crippen LogP contribution in [0.1, 0.15) is 44.2 Å². The first-order valence-corrected chi connectivity index (χ1v) is 13.9. The van der Waals surface area contributed by atoms with E-state index >= 15 is 8.78 Å². The van der Waals surface area contributed by atoms with Crippen LogP contribution in [0.2, 0.25) is 0 Å². The second-order valence-electron chi connectivity index (χ2n) is 10.4. The Morgan fingerprint density at radius 2 is 1.91 bits per heavy atom. The number of carbonyl (C=O) groups is 2. The lowest BCUT2D eigenvalue weighted by Crippen LogP contribution is -2.31. The molecule has 1 atom stereocenters. The number of aromatic nitrogens is 4. The van der Waals surface area contributed by atoms with E-state index in [-0.39, 0.29) is 53.1 Å². The standard InChI is InChI=1S/C32H27F2N5O6/c1-43-28-13-26(31(35)40)36-14-19(28)16-45-30-4-2-3-24(38-30)21-12-22(33)18(9-23(21)34)11-29-37-25-6-5-17(32(41)42)10-27(25)39(29)15-20-7-8-44-20/h2-6,9-10,12-14,20H,7-8,11,15-16H2,1H3,(H2,35,40)(H,41,42)/t20-/m0/s1. The number of halogens is 2. The summed E-state index contributed by atoms with van der Waals surface area (Å²) in [6, 6.07) is 12.9. The van der Waals surface area contributed by atoms with Gasteiger partial charge in [0.15, 0.2) is 0 Å². The highest BCUT2D eigenvalue weighted by Crippen LogP contribution is 2.29. The third-order valence-corrected chi connectivity index (χ3v) is 7.53. The summed E-state index contributed by atoms with van der Waals surface area (Å²) < 4.78 is 49.5. The summed E-state index contributed by atoms with van der Waals surface area (Å²) in [6.07, 6.45) is 2.12. The SMILES string of the molecule is COc1cc(C(N)=O)ncc1COc1cccc(-c2cc(F)c(Cc3nc4ccc(C(=O)O)cc4n3C[C@@H]3CCO3)cc2F)n1. The molecule has 0 saturated carbocycles. The molecule has 0 spiro atoms. The number of primary amides is 1. The van der Waals surface area contributed by atoms with Crippen LogP contribution in [0, 0.1) is 11.6 Å². The third kappa shape index (κ3) is 6.15. The summed E-state index contributed by atoms with van der Waals surface area (Å²) >= 11 is 0. The Kier molecular flexibility index (Phi) is 8.09. The molecule has 11 nitrogen and oxygen atoms in total. The zero-order valence-electron chi connectivity index (χ0n) is 24.0. The molecular formula is C32H27F2N5O6. The Morgan fingerprint density at radius 1 is 1.09 bits per heavy atom. The van der Waals surface area contributed by atoms with Gasteiger partial charge in [-0.05, 0) is 48.4 Å². The average Bonchev–Trinajstić information content (AvgIpc) is 3.35. The van der Waals surface area contributed by atoms with Crippen LogP contribution in [0.15, 0.2) is 60.8 Å². The fourth-order valence-electron chi connectivity index (χ4n) is 5.06. The molecule has 230 valence electrons. The van der Waals surface area contributed by atoms with E-state index in [9.17, 15) is 14.7 Å². The van der Waals surface area contributed by atoms with E-state index in [1.165, 1.54) is 37.6 Å². The number of amides is 1. The number of carboxylic acids is 1. The predicted molar refractivity (Wildman–Crippen MR) is 157 cm³/mol. The number of methoxy groups -OCH3 is 1. The first-order chi connectivity index (χ1) is 21.7. The smallest absolute Gasteiger partial charge is 0.335 e. The topological polar surface area (TPSA) is 152 Å². The lowest BCUT2D eigenvalue weighted by Gasteiger charge is -2.27. The van der Waals surface area contributed by atoms with Crippen molar-refractivity contribution in [3.05, 3.63) is 101 Å². The van der Waals surface area contributed by atoms with Gasteiger partial charge in [0, 0.05) is 42.5 Å². The van der Waals surface area contributed by atoms with Crippen molar-refractivity contribution in [2.24, 2.45) is 5.73 Å². The molecule has 0 unspecified atom stereocenters. The molecule has 3 aromatic heterocycles. The molecule has 1 fully saturated rings. The van der Waals surface area contributed by atoms with Gasteiger partial charge < -0.3 is 29.6 Å². The molecule has 2 aromatic carbocycles. The maximum atomic E-state index is 15.5. The summed E-state index contributed by atoms with van der Waals surface area (Å²) in [5.41, 5.74) is 7.22. The molecule has 45 heavy (non-hydrogen) atoms. The Morgan fingerprint density at radius 3 is 2.62 bits per heavy atom. The number of aromatic carboxylic acids is 1. The van der Waals surface area contributed by atoms with Gasteiger partial charge in [-0.3, -0.25) is 9.78 Å². The largest absolute Gasteiger partial charge is 0.496 e. The zero-order chi connectivity index (χ0) is 31.7. The van der Waals surface area contributed by atoms with Gasteiger partial charge in [0.1, 0.15) is 35.5 Å². The number of nitrogens with two attached hydrogens (primary N) is 1. The van der Waals surface area contributed by atoms with Gasteiger partial charge in [0.05, 0.1) is 42.0 Å². The minimum absolute atomic E-state index is 0.0255. The molecule has 1 aliphatic heterocycles. The van der Waals surface area contributed by atoms with Gasteiger partial charge in [0.2, 0.25) is 5.88 Å². The van der Waals surface area contributed by atoms with Gasteiger partial charge >= 0.3 is 5.97 Å². The molecule has 13 heteroatoms. The van der Waals surface area contributed by atoms with Crippen molar-refractivity contribution >= 4 is 22.9 Å². The number of hydrogen-bond donors (Lipinski definition) is 2. The van der Waals surface area contributed by atoms with Gasteiger partial charge in [0.25, 0.3) is 5.91 Å². The van der Waals surface area contributed by atoms with Crippen molar-refractivity contribution in [3.63, 3.8) is 0 Å². The number of fused-ring (bicyclic) bond motifs is 1.